The molecule has 5 rings (SSSR count). The number of Topliss-reactive ketones (excluding diaryl/α,β-unsaturated/α-hetero) is 1. The van der Waals surface area contributed by atoms with Crippen molar-refractivity contribution >= 4 is 16.7 Å². The number of hydrogen-bond donors (Lipinski definition) is 0. The third-order valence-corrected chi connectivity index (χ3v) is 6.17. The van der Waals surface area contributed by atoms with Gasteiger partial charge in [0.2, 0.25) is 0 Å². The standard InChI is InChI=1S/C25H25NO3/c1-25(2)12-20(27)24-22(13-25)29-21-10-9-15(28-4)11-17(21)23(24)18-14-26(3)19-8-6-5-7-16(18)19/h5-11,14,23H,12-13H2,1-4H3. The van der Waals surface area contributed by atoms with Gasteiger partial charge in [0.15, 0.2) is 5.78 Å². The Morgan fingerprint density at radius 1 is 1.10 bits per heavy atom. The largest absolute Gasteiger partial charge is 0.497 e. The number of ether oxygens (including phenoxy) is 2. The van der Waals surface area contributed by atoms with Crippen LogP contribution in [0, 0.1) is 5.41 Å². The highest BCUT2D eigenvalue weighted by Gasteiger charge is 2.42. The minimum absolute atomic E-state index is 0.0941. The highest BCUT2D eigenvalue weighted by molar-refractivity contribution is 6.01. The molecular weight excluding hydrogens is 362 g/mol. The van der Waals surface area contributed by atoms with Crippen molar-refractivity contribution in [2.75, 3.05) is 7.11 Å². The Morgan fingerprint density at radius 2 is 1.90 bits per heavy atom. The molecule has 1 aliphatic heterocycles. The fourth-order valence-electron chi connectivity index (χ4n) is 4.88. The highest BCUT2D eigenvalue weighted by Crippen LogP contribution is 2.51. The zero-order chi connectivity index (χ0) is 20.3. The van der Waals surface area contributed by atoms with Crippen molar-refractivity contribution in [3.8, 4) is 11.5 Å². The molecule has 2 heterocycles. The van der Waals surface area contributed by atoms with Crippen molar-refractivity contribution in [2.45, 2.75) is 32.6 Å². The van der Waals surface area contributed by atoms with Crippen LogP contribution in [0.15, 0.2) is 60.0 Å². The van der Waals surface area contributed by atoms with Crippen molar-refractivity contribution in [3.63, 3.8) is 0 Å². The summed E-state index contributed by atoms with van der Waals surface area (Å²) in [5.74, 6) is 2.43. The van der Waals surface area contributed by atoms with E-state index >= 15 is 0 Å². The lowest BCUT2D eigenvalue weighted by Gasteiger charge is -2.38. The van der Waals surface area contributed by atoms with Crippen LogP contribution in [0.5, 0.6) is 11.5 Å². The first-order chi connectivity index (χ1) is 13.9. The molecule has 4 nitrogen and oxygen atoms in total. The smallest absolute Gasteiger partial charge is 0.163 e. The Balaban J connectivity index is 1.80. The van der Waals surface area contributed by atoms with Gasteiger partial charge in [-0.15, -0.1) is 0 Å². The van der Waals surface area contributed by atoms with Gasteiger partial charge in [0.1, 0.15) is 17.3 Å². The summed E-state index contributed by atoms with van der Waals surface area (Å²) in [4.78, 5) is 13.4. The second-order valence-electron chi connectivity index (χ2n) is 8.93. The summed E-state index contributed by atoms with van der Waals surface area (Å²) in [6, 6.07) is 14.2. The maximum Gasteiger partial charge on any atom is 0.163 e. The van der Waals surface area contributed by atoms with Gasteiger partial charge in [-0.25, -0.2) is 0 Å². The first kappa shape index (κ1) is 18.0. The van der Waals surface area contributed by atoms with Crippen LogP contribution in [0.25, 0.3) is 10.9 Å². The molecule has 0 saturated heterocycles. The maximum atomic E-state index is 13.4. The van der Waals surface area contributed by atoms with Crippen LogP contribution >= 0.6 is 0 Å². The van der Waals surface area contributed by atoms with Gasteiger partial charge >= 0.3 is 0 Å². The average Bonchev–Trinajstić information content (AvgIpc) is 3.02. The molecule has 0 bridgehead atoms. The molecule has 4 heteroatoms. The Morgan fingerprint density at radius 3 is 2.69 bits per heavy atom. The lowest BCUT2D eigenvalue weighted by Crippen LogP contribution is -2.32. The third-order valence-electron chi connectivity index (χ3n) is 6.17. The molecule has 3 aromatic rings. The van der Waals surface area contributed by atoms with Crippen LogP contribution in [0.2, 0.25) is 0 Å². The van der Waals surface area contributed by atoms with E-state index < -0.39 is 0 Å². The molecule has 0 N–H and O–H groups in total. The van der Waals surface area contributed by atoms with Gasteiger partial charge < -0.3 is 14.0 Å². The van der Waals surface area contributed by atoms with Crippen LogP contribution in [0.3, 0.4) is 0 Å². The highest BCUT2D eigenvalue weighted by atomic mass is 16.5. The molecule has 1 atom stereocenters. The van der Waals surface area contributed by atoms with E-state index in [4.69, 9.17) is 9.47 Å². The molecule has 0 radical (unpaired) electrons. The number of aryl methyl sites for hydroxylation is 1. The number of allylic oxidation sites excluding steroid dienone is 2. The summed E-state index contributed by atoms with van der Waals surface area (Å²) >= 11 is 0. The van der Waals surface area contributed by atoms with Crippen LogP contribution in [0.4, 0.5) is 0 Å². The third kappa shape index (κ3) is 2.78. The summed E-state index contributed by atoms with van der Waals surface area (Å²) in [6.45, 7) is 4.27. The fourth-order valence-corrected chi connectivity index (χ4v) is 4.88. The van der Waals surface area contributed by atoms with Gasteiger partial charge in [0.25, 0.3) is 0 Å². The van der Waals surface area contributed by atoms with Crippen molar-refractivity contribution in [1.82, 2.24) is 4.57 Å². The van der Waals surface area contributed by atoms with Crippen molar-refractivity contribution < 1.29 is 14.3 Å². The van der Waals surface area contributed by atoms with E-state index in [1.54, 1.807) is 7.11 Å². The summed E-state index contributed by atoms with van der Waals surface area (Å²) in [5, 5.41) is 1.17. The summed E-state index contributed by atoms with van der Waals surface area (Å²) in [7, 11) is 3.72. The molecule has 29 heavy (non-hydrogen) atoms. The number of fused-ring (bicyclic) bond motifs is 2. The zero-order valence-electron chi connectivity index (χ0n) is 17.3. The van der Waals surface area contributed by atoms with Crippen LogP contribution in [-0.2, 0) is 11.8 Å². The number of nitrogens with zero attached hydrogens (tertiary/aromatic N) is 1. The number of para-hydroxylation sites is 1. The molecule has 0 spiro atoms. The number of carbonyl (C=O) groups is 1. The van der Waals surface area contributed by atoms with E-state index in [9.17, 15) is 4.79 Å². The molecule has 1 aliphatic carbocycles. The van der Waals surface area contributed by atoms with Gasteiger partial charge in [-0.3, -0.25) is 4.79 Å². The Hall–Kier alpha value is -3.01. The zero-order valence-corrected chi connectivity index (χ0v) is 17.3. The fraction of sp³-hybridized carbons (Fsp3) is 0.320. The van der Waals surface area contributed by atoms with Crippen molar-refractivity contribution in [3.05, 3.63) is 71.1 Å². The maximum absolute atomic E-state index is 13.4. The molecule has 1 unspecified atom stereocenters. The van der Waals surface area contributed by atoms with Gasteiger partial charge in [-0.1, -0.05) is 32.0 Å². The predicted octanol–water partition coefficient (Wildman–Crippen LogP) is 5.35. The first-order valence-corrected chi connectivity index (χ1v) is 10.0. The van der Waals surface area contributed by atoms with Gasteiger partial charge in [-0.05, 0) is 35.2 Å². The number of benzene rings is 2. The lowest BCUT2D eigenvalue weighted by atomic mass is 9.70. The van der Waals surface area contributed by atoms with E-state index in [2.05, 4.69) is 49.9 Å². The van der Waals surface area contributed by atoms with Crippen LogP contribution in [-0.4, -0.2) is 17.5 Å². The normalized spacial score (nSPS) is 20.3. The number of hydrogen-bond acceptors (Lipinski definition) is 3. The van der Waals surface area contributed by atoms with E-state index in [0.717, 1.165) is 45.9 Å². The second-order valence-corrected chi connectivity index (χ2v) is 8.93. The molecule has 1 aromatic heterocycles. The van der Waals surface area contributed by atoms with Gasteiger partial charge in [0.05, 0.1) is 7.11 Å². The summed E-state index contributed by atoms with van der Waals surface area (Å²) < 4.78 is 13.9. The van der Waals surface area contributed by atoms with E-state index in [1.165, 1.54) is 5.39 Å². The Labute approximate surface area is 170 Å². The number of aromatic nitrogens is 1. The Bertz CT molecular complexity index is 1180. The molecule has 0 fully saturated rings. The SMILES string of the molecule is COc1ccc2c(c1)C(c1cn(C)c3ccccc13)C1=C(CC(C)(C)CC1=O)O2. The number of methoxy groups -OCH3 is 1. The first-order valence-electron chi connectivity index (χ1n) is 10.0. The van der Waals surface area contributed by atoms with Crippen LogP contribution in [0.1, 0.15) is 43.7 Å². The minimum Gasteiger partial charge on any atom is -0.497 e. The topological polar surface area (TPSA) is 40.5 Å². The quantitative estimate of drug-likeness (QED) is 0.595. The monoisotopic (exact) mass is 387 g/mol. The van der Waals surface area contributed by atoms with E-state index in [1.807, 2.05) is 24.3 Å². The minimum atomic E-state index is -0.154. The number of ketones is 1. The average molecular weight is 387 g/mol. The van der Waals surface area contributed by atoms with Crippen molar-refractivity contribution in [1.29, 1.82) is 0 Å². The number of carbonyl (C=O) groups excluding carboxylic acids is 1. The van der Waals surface area contributed by atoms with Gasteiger partial charge in [0, 0.05) is 54.0 Å². The molecule has 148 valence electrons. The molecule has 2 aromatic carbocycles. The number of rotatable bonds is 2. The van der Waals surface area contributed by atoms with E-state index in [-0.39, 0.29) is 17.1 Å². The Kier molecular flexibility index (Phi) is 3.89. The molecule has 0 amide bonds. The molecule has 0 saturated carbocycles. The molecule has 2 aliphatic rings. The predicted molar refractivity (Wildman–Crippen MR) is 113 cm³/mol. The van der Waals surface area contributed by atoms with Gasteiger partial charge in [-0.2, -0.15) is 0 Å². The molecular formula is C25H25NO3. The van der Waals surface area contributed by atoms with Crippen LogP contribution < -0.4 is 9.47 Å². The second kappa shape index (κ2) is 6.24. The summed E-state index contributed by atoms with van der Waals surface area (Å²) in [5.41, 5.74) is 4.00. The summed E-state index contributed by atoms with van der Waals surface area (Å²) in [6.07, 6.45) is 3.46. The van der Waals surface area contributed by atoms with Crippen molar-refractivity contribution in [2.24, 2.45) is 12.5 Å². The van der Waals surface area contributed by atoms with E-state index in [0.29, 0.717) is 6.42 Å². The lowest BCUT2D eigenvalue weighted by molar-refractivity contribution is -0.118.